The van der Waals surface area contributed by atoms with Crippen LogP contribution in [0.3, 0.4) is 0 Å². The fraction of sp³-hybridized carbons (Fsp3) is 0.538. The summed E-state index contributed by atoms with van der Waals surface area (Å²) >= 11 is 0. The highest BCUT2D eigenvalue weighted by molar-refractivity contribution is 5.44. The number of nitrogens with one attached hydrogen (secondary N) is 1. The van der Waals surface area contributed by atoms with Crippen LogP contribution in [0.4, 0.5) is 5.69 Å². The van der Waals surface area contributed by atoms with Crippen molar-refractivity contribution in [2.75, 3.05) is 11.9 Å². The molecule has 0 aliphatic carbocycles. The maximum Gasteiger partial charge on any atom is 0.0340 e. The minimum Gasteiger partial charge on any atom is -0.385 e. The van der Waals surface area contributed by atoms with E-state index in [2.05, 4.69) is 57.3 Å². The minimum atomic E-state index is 0.380. The molecule has 1 N–H and O–H groups in total. The van der Waals surface area contributed by atoms with Crippen LogP contribution >= 0.6 is 0 Å². The molecule has 1 nitrogen and oxygen atoms in total. The first kappa shape index (κ1) is 11.1. The van der Waals surface area contributed by atoms with Crippen LogP contribution in [0.5, 0.6) is 0 Å². The lowest BCUT2D eigenvalue weighted by atomic mass is 9.90. The summed E-state index contributed by atoms with van der Waals surface area (Å²) in [6.45, 7) is 9.95. The largest absolute Gasteiger partial charge is 0.385 e. The van der Waals surface area contributed by atoms with Gasteiger partial charge in [-0.1, -0.05) is 38.5 Å². The monoisotopic (exact) mass is 191 g/mol. The van der Waals surface area contributed by atoms with Crippen LogP contribution in [-0.2, 0) is 0 Å². The molecule has 0 aliphatic rings. The van der Waals surface area contributed by atoms with Gasteiger partial charge in [-0.25, -0.2) is 0 Å². The van der Waals surface area contributed by atoms with Crippen molar-refractivity contribution < 1.29 is 0 Å². The molecule has 1 aromatic rings. The lowest BCUT2D eigenvalue weighted by Gasteiger charge is -2.23. The van der Waals surface area contributed by atoms with Gasteiger partial charge in [-0.2, -0.15) is 0 Å². The molecule has 1 aromatic carbocycles. The van der Waals surface area contributed by atoms with Gasteiger partial charge < -0.3 is 5.32 Å². The van der Waals surface area contributed by atoms with Gasteiger partial charge >= 0.3 is 0 Å². The topological polar surface area (TPSA) is 12.0 Å². The van der Waals surface area contributed by atoms with Crippen molar-refractivity contribution in [3.63, 3.8) is 0 Å². The Hall–Kier alpha value is -0.980. The van der Waals surface area contributed by atoms with Gasteiger partial charge in [0.15, 0.2) is 0 Å². The lowest BCUT2D eigenvalue weighted by molar-refractivity contribution is 0.377. The summed E-state index contributed by atoms with van der Waals surface area (Å²) in [4.78, 5) is 0. The molecule has 1 rings (SSSR count). The van der Waals surface area contributed by atoms with Gasteiger partial charge in [0.2, 0.25) is 0 Å². The lowest BCUT2D eigenvalue weighted by Crippen LogP contribution is -2.21. The maximum atomic E-state index is 3.46. The molecule has 78 valence electrons. The van der Waals surface area contributed by atoms with Crippen LogP contribution in [0, 0.1) is 12.3 Å². The highest BCUT2D eigenvalue weighted by Gasteiger charge is 2.13. The quantitative estimate of drug-likeness (QED) is 0.762. The van der Waals surface area contributed by atoms with E-state index in [0.29, 0.717) is 5.41 Å². The zero-order valence-corrected chi connectivity index (χ0v) is 9.72. The highest BCUT2D eigenvalue weighted by atomic mass is 14.9. The second kappa shape index (κ2) is 4.50. The molecule has 0 spiro atoms. The SMILES string of the molecule is CCC(C)(C)CNc1ccc(C)cc1. The minimum absolute atomic E-state index is 0.380. The molecule has 0 aliphatic heterocycles. The van der Waals surface area contributed by atoms with Crippen LogP contribution in [0.15, 0.2) is 24.3 Å². The Morgan fingerprint density at radius 2 is 1.71 bits per heavy atom. The van der Waals surface area contributed by atoms with Crippen LogP contribution in [0.2, 0.25) is 0 Å². The van der Waals surface area contributed by atoms with E-state index in [9.17, 15) is 0 Å². The summed E-state index contributed by atoms with van der Waals surface area (Å²) < 4.78 is 0. The predicted molar refractivity (Wildman–Crippen MR) is 63.7 cm³/mol. The van der Waals surface area contributed by atoms with Crippen molar-refractivity contribution in [1.29, 1.82) is 0 Å². The number of aryl methyl sites for hydroxylation is 1. The molecule has 0 unspecified atom stereocenters. The maximum absolute atomic E-state index is 3.46. The Labute approximate surface area is 87.5 Å². The molecule has 0 fully saturated rings. The van der Waals surface area contributed by atoms with Crippen molar-refractivity contribution in [3.05, 3.63) is 29.8 Å². The van der Waals surface area contributed by atoms with Gasteiger partial charge in [0.05, 0.1) is 0 Å². The molecule has 0 atom stereocenters. The average Bonchev–Trinajstić information content (AvgIpc) is 2.17. The average molecular weight is 191 g/mol. The number of hydrogen-bond acceptors (Lipinski definition) is 1. The standard InChI is InChI=1S/C13H21N/c1-5-13(3,4)10-14-12-8-6-11(2)7-9-12/h6-9,14H,5,10H2,1-4H3. The summed E-state index contributed by atoms with van der Waals surface area (Å²) in [5, 5.41) is 3.46. The molecule has 1 heteroatoms. The van der Waals surface area contributed by atoms with E-state index >= 15 is 0 Å². The number of benzene rings is 1. The fourth-order valence-corrected chi connectivity index (χ4v) is 1.14. The van der Waals surface area contributed by atoms with Crippen LogP contribution < -0.4 is 5.32 Å². The van der Waals surface area contributed by atoms with Crippen molar-refractivity contribution >= 4 is 5.69 Å². The Balaban J connectivity index is 2.50. The van der Waals surface area contributed by atoms with Gasteiger partial charge in [0.1, 0.15) is 0 Å². The molecule has 0 aromatic heterocycles. The fourth-order valence-electron chi connectivity index (χ4n) is 1.14. The molecule has 0 saturated carbocycles. The summed E-state index contributed by atoms with van der Waals surface area (Å²) in [7, 11) is 0. The Morgan fingerprint density at radius 3 is 2.21 bits per heavy atom. The normalized spacial score (nSPS) is 11.4. The first-order valence-electron chi connectivity index (χ1n) is 5.34. The molecular formula is C13H21N. The summed E-state index contributed by atoms with van der Waals surface area (Å²) in [5.74, 6) is 0. The molecule has 0 bridgehead atoms. The number of hydrogen-bond donors (Lipinski definition) is 1. The third-order valence-corrected chi connectivity index (χ3v) is 2.78. The van der Waals surface area contributed by atoms with Gasteiger partial charge in [-0.05, 0) is 30.9 Å². The van der Waals surface area contributed by atoms with Crippen molar-refractivity contribution in [2.24, 2.45) is 5.41 Å². The zero-order chi connectivity index (χ0) is 10.6. The second-order valence-corrected chi connectivity index (χ2v) is 4.74. The molecule has 0 radical (unpaired) electrons. The molecule has 14 heavy (non-hydrogen) atoms. The van der Waals surface area contributed by atoms with Gasteiger partial charge in [0, 0.05) is 12.2 Å². The smallest absolute Gasteiger partial charge is 0.0340 e. The molecule has 0 saturated heterocycles. The van der Waals surface area contributed by atoms with Crippen LogP contribution in [-0.4, -0.2) is 6.54 Å². The van der Waals surface area contributed by atoms with E-state index in [1.807, 2.05) is 0 Å². The summed E-state index contributed by atoms with van der Waals surface area (Å²) in [6.07, 6.45) is 1.20. The van der Waals surface area contributed by atoms with Crippen LogP contribution in [0.1, 0.15) is 32.8 Å². The zero-order valence-electron chi connectivity index (χ0n) is 9.72. The molecular weight excluding hydrogens is 170 g/mol. The Kier molecular flexibility index (Phi) is 3.56. The Bertz CT molecular complexity index is 272. The summed E-state index contributed by atoms with van der Waals surface area (Å²) in [6, 6.07) is 8.56. The van der Waals surface area contributed by atoms with Gasteiger partial charge in [0.25, 0.3) is 0 Å². The second-order valence-electron chi connectivity index (χ2n) is 4.74. The van der Waals surface area contributed by atoms with E-state index in [4.69, 9.17) is 0 Å². The van der Waals surface area contributed by atoms with Crippen molar-refractivity contribution in [1.82, 2.24) is 0 Å². The first-order chi connectivity index (χ1) is 6.53. The third kappa shape index (κ3) is 3.41. The third-order valence-electron chi connectivity index (χ3n) is 2.78. The van der Waals surface area contributed by atoms with E-state index in [1.165, 1.54) is 17.7 Å². The van der Waals surface area contributed by atoms with Crippen LogP contribution in [0.25, 0.3) is 0 Å². The number of anilines is 1. The summed E-state index contributed by atoms with van der Waals surface area (Å²) in [5.41, 5.74) is 2.91. The Morgan fingerprint density at radius 1 is 1.14 bits per heavy atom. The van der Waals surface area contributed by atoms with Gasteiger partial charge in [-0.15, -0.1) is 0 Å². The van der Waals surface area contributed by atoms with Gasteiger partial charge in [-0.3, -0.25) is 0 Å². The van der Waals surface area contributed by atoms with E-state index < -0.39 is 0 Å². The molecule has 0 amide bonds. The first-order valence-corrected chi connectivity index (χ1v) is 5.34. The highest BCUT2D eigenvalue weighted by Crippen LogP contribution is 2.20. The van der Waals surface area contributed by atoms with Crippen molar-refractivity contribution in [3.8, 4) is 0 Å². The van der Waals surface area contributed by atoms with E-state index in [0.717, 1.165) is 6.54 Å². The molecule has 0 heterocycles. The number of rotatable bonds is 4. The van der Waals surface area contributed by atoms with E-state index in [1.54, 1.807) is 0 Å². The van der Waals surface area contributed by atoms with Crippen molar-refractivity contribution in [2.45, 2.75) is 34.1 Å². The predicted octanol–water partition coefficient (Wildman–Crippen LogP) is 3.84. The van der Waals surface area contributed by atoms with E-state index in [-0.39, 0.29) is 0 Å².